The van der Waals surface area contributed by atoms with Crippen LogP contribution < -0.4 is 5.32 Å². The van der Waals surface area contributed by atoms with Crippen molar-refractivity contribution in [3.8, 4) is 6.07 Å². The Balaban J connectivity index is 1.87. The van der Waals surface area contributed by atoms with Crippen LogP contribution in [0.3, 0.4) is 0 Å². The second-order valence-corrected chi connectivity index (χ2v) is 7.33. The maximum atomic E-state index is 15.7. The second kappa shape index (κ2) is 7.43. The summed E-state index contributed by atoms with van der Waals surface area (Å²) in [5.41, 5.74) is -3.32. The number of hydrogen-bond donors (Lipinski definition) is 2. The van der Waals surface area contributed by atoms with E-state index in [-0.39, 0.29) is 37.1 Å². The van der Waals surface area contributed by atoms with Crippen LogP contribution in [-0.2, 0) is 22.6 Å². The fourth-order valence-electron chi connectivity index (χ4n) is 3.25. The topological polar surface area (TPSA) is 86.0 Å². The van der Waals surface area contributed by atoms with Gasteiger partial charge in [-0.1, -0.05) is 35.3 Å². The molecule has 5 nitrogen and oxygen atoms in total. The van der Waals surface area contributed by atoms with Crippen molar-refractivity contribution in [3.05, 3.63) is 63.4 Å². The molecule has 1 aliphatic carbocycles. The fraction of sp³-hybridized carbons (Fsp3) is 0.316. The van der Waals surface area contributed by atoms with Crippen LogP contribution in [0.1, 0.15) is 36.1 Å². The highest BCUT2D eigenvalue weighted by Crippen LogP contribution is 2.46. The standard InChI is InChI=1S/C19H16Cl2FN3O2/c20-13-4-3-12(15(21)10-13)11-25-17(26)19(22)6-5-18(27,7-8-23)16-14(19)2-1-9-24-16/h1-4,9-10,27H,5-7,11H2,(H,25,26)/t18-,19+/m1/s1. The molecule has 0 radical (unpaired) electrons. The number of pyridine rings is 1. The molecule has 1 heterocycles. The van der Waals surface area contributed by atoms with Gasteiger partial charge in [0.1, 0.15) is 5.60 Å². The number of benzene rings is 1. The summed E-state index contributed by atoms with van der Waals surface area (Å²) in [4.78, 5) is 16.7. The Bertz CT molecular complexity index is 933. The third kappa shape index (κ3) is 3.63. The third-order valence-electron chi connectivity index (χ3n) is 4.74. The highest BCUT2D eigenvalue weighted by molar-refractivity contribution is 6.35. The van der Waals surface area contributed by atoms with Crippen molar-refractivity contribution in [2.45, 2.75) is 37.1 Å². The van der Waals surface area contributed by atoms with E-state index in [0.29, 0.717) is 15.6 Å². The zero-order valence-corrected chi connectivity index (χ0v) is 15.7. The fourth-order valence-corrected chi connectivity index (χ4v) is 3.72. The number of aromatic nitrogens is 1. The van der Waals surface area contributed by atoms with E-state index in [2.05, 4.69) is 10.3 Å². The van der Waals surface area contributed by atoms with E-state index in [1.54, 1.807) is 12.1 Å². The largest absolute Gasteiger partial charge is 0.382 e. The summed E-state index contributed by atoms with van der Waals surface area (Å²) in [7, 11) is 0. The molecule has 0 bridgehead atoms. The average molecular weight is 408 g/mol. The highest BCUT2D eigenvalue weighted by Gasteiger charge is 2.51. The van der Waals surface area contributed by atoms with Gasteiger partial charge in [0.2, 0.25) is 5.67 Å². The molecule has 1 aromatic heterocycles. The van der Waals surface area contributed by atoms with Gasteiger partial charge in [0.15, 0.2) is 0 Å². The Morgan fingerprint density at radius 2 is 2.15 bits per heavy atom. The van der Waals surface area contributed by atoms with Crippen molar-refractivity contribution in [2.75, 3.05) is 0 Å². The minimum atomic E-state index is -2.36. The van der Waals surface area contributed by atoms with Gasteiger partial charge in [0.05, 0.1) is 18.2 Å². The van der Waals surface area contributed by atoms with Gasteiger partial charge in [-0.3, -0.25) is 9.78 Å². The number of fused-ring (bicyclic) bond motifs is 1. The summed E-state index contributed by atoms with van der Waals surface area (Å²) in [6.07, 6.45) is 0.827. The molecule has 3 rings (SSSR count). The molecule has 2 N–H and O–H groups in total. The molecule has 0 fully saturated rings. The molecule has 0 aliphatic heterocycles. The normalized spacial score (nSPS) is 24.0. The Hall–Kier alpha value is -2.20. The quantitative estimate of drug-likeness (QED) is 0.807. The molecule has 0 saturated heterocycles. The Kier molecular flexibility index (Phi) is 5.38. The molecule has 0 spiro atoms. The summed E-state index contributed by atoms with van der Waals surface area (Å²) >= 11 is 11.9. The first-order chi connectivity index (χ1) is 12.8. The van der Waals surface area contributed by atoms with E-state index >= 15 is 4.39 Å². The van der Waals surface area contributed by atoms with Crippen LogP contribution in [0.15, 0.2) is 36.5 Å². The van der Waals surface area contributed by atoms with Crippen LogP contribution >= 0.6 is 23.2 Å². The lowest BCUT2D eigenvalue weighted by atomic mass is 9.73. The van der Waals surface area contributed by atoms with Gasteiger partial charge in [0.25, 0.3) is 5.91 Å². The lowest BCUT2D eigenvalue weighted by Crippen LogP contribution is -2.47. The molecule has 27 heavy (non-hydrogen) atoms. The molecule has 1 amide bonds. The van der Waals surface area contributed by atoms with Gasteiger partial charge >= 0.3 is 0 Å². The van der Waals surface area contributed by atoms with E-state index in [1.165, 1.54) is 24.4 Å². The molecule has 1 aromatic carbocycles. The molecule has 2 aromatic rings. The van der Waals surface area contributed by atoms with E-state index in [9.17, 15) is 9.90 Å². The minimum Gasteiger partial charge on any atom is -0.382 e. The Morgan fingerprint density at radius 1 is 1.37 bits per heavy atom. The van der Waals surface area contributed by atoms with Crippen LogP contribution in [0.25, 0.3) is 0 Å². The van der Waals surface area contributed by atoms with Crippen molar-refractivity contribution < 1.29 is 14.3 Å². The monoisotopic (exact) mass is 407 g/mol. The average Bonchev–Trinajstić information content (AvgIpc) is 2.65. The smallest absolute Gasteiger partial charge is 0.262 e. The Morgan fingerprint density at radius 3 is 2.85 bits per heavy atom. The summed E-state index contributed by atoms with van der Waals surface area (Å²) in [5, 5.41) is 23.0. The van der Waals surface area contributed by atoms with Gasteiger partial charge < -0.3 is 10.4 Å². The van der Waals surface area contributed by atoms with Crippen LogP contribution in [0.5, 0.6) is 0 Å². The maximum Gasteiger partial charge on any atom is 0.262 e. The number of amides is 1. The van der Waals surface area contributed by atoms with Crippen LogP contribution in [0.2, 0.25) is 10.0 Å². The number of nitrogens with one attached hydrogen (secondary N) is 1. The number of halogens is 3. The molecular weight excluding hydrogens is 392 g/mol. The van der Waals surface area contributed by atoms with Crippen molar-refractivity contribution in [3.63, 3.8) is 0 Å². The van der Waals surface area contributed by atoms with E-state index in [0.717, 1.165) is 0 Å². The minimum absolute atomic E-state index is 0.0197. The molecule has 1 aliphatic rings. The number of carbonyl (C=O) groups is 1. The molecular formula is C19H16Cl2FN3O2. The van der Waals surface area contributed by atoms with E-state index < -0.39 is 17.2 Å². The summed E-state index contributed by atoms with van der Waals surface area (Å²) in [5.74, 6) is -0.846. The van der Waals surface area contributed by atoms with Gasteiger partial charge in [0, 0.05) is 28.4 Å². The van der Waals surface area contributed by atoms with E-state index in [4.69, 9.17) is 28.5 Å². The second-order valence-electron chi connectivity index (χ2n) is 6.49. The number of nitriles is 1. The first kappa shape index (κ1) is 19.6. The van der Waals surface area contributed by atoms with Gasteiger partial charge in [-0.2, -0.15) is 5.26 Å². The van der Waals surface area contributed by atoms with Crippen molar-refractivity contribution in [1.29, 1.82) is 5.26 Å². The number of alkyl halides is 1. The van der Waals surface area contributed by atoms with Crippen molar-refractivity contribution in [2.24, 2.45) is 0 Å². The first-order valence-electron chi connectivity index (χ1n) is 8.26. The zero-order valence-electron chi connectivity index (χ0n) is 14.2. The van der Waals surface area contributed by atoms with Crippen LogP contribution in [-0.4, -0.2) is 16.0 Å². The van der Waals surface area contributed by atoms with Crippen LogP contribution in [0, 0.1) is 11.3 Å². The number of carbonyl (C=O) groups excluding carboxylic acids is 1. The SMILES string of the molecule is N#CC[C@]1(O)CC[C@@](F)(C(=O)NCc2ccc(Cl)cc2Cl)c2cccnc21. The van der Waals surface area contributed by atoms with Crippen molar-refractivity contribution >= 4 is 29.1 Å². The molecule has 2 atom stereocenters. The third-order valence-corrected chi connectivity index (χ3v) is 5.33. The van der Waals surface area contributed by atoms with Crippen LogP contribution in [0.4, 0.5) is 4.39 Å². The Labute approximate surface area is 165 Å². The van der Waals surface area contributed by atoms with Gasteiger partial charge in [-0.25, -0.2) is 4.39 Å². The molecule has 8 heteroatoms. The molecule has 140 valence electrons. The number of aliphatic hydroxyl groups is 1. The number of rotatable bonds is 4. The maximum absolute atomic E-state index is 15.7. The number of hydrogen-bond acceptors (Lipinski definition) is 4. The highest BCUT2D eigenvalue weighted by atomic mass is 35.5. The summed E-state index contributed by atoms with van der Waals surface area (Å²) in [6, 6.07) is 9.62. The predicted octanol–water partition coefficient (Wildman–Crippen LogP) is 3.76. The molecule has 0 saturated carbocycles. The van der Waals surface area contributed by atoms with Crippen molar-refractivity contribution in [1.82, 2.24) is 10.3 Å². The summed E-state index contributed by atoms with van der Waals surface area (Å²) < 4.78 is 15.7. The number of nitrogens with zero attached hydrogens (tertiary/aromatic N) is 2. The van der Waals surface area contributed by atoms with Gasteiger partial charge in [-0.05, 0) is 36.6 Å². The summed E-state index contributed by atoms with van der Waals surface area (Å²) in [6.45, 7) is 0.0264. The lowest BCUT2D eigenvalue weighted by Gasteiger charge is -2.38. The molecule has 0 unspecified atom stereocenters. The zero-order chi connectivity index (χ0) is 19.7. The van der Waals surface area contributed by atoms with Gasteiger partial charge in [-0.15, -0.1) is 0 Å². The van der Waals surface area contributed by atoms with E-state index in [1.807, 2.05) is 6.07 Å². The lowest BCUT2D eigenvalue weighted by molar-refractivity contribution is -0.137. The first-order valence-corrected chi connectivity index (χ1v) is 9.02. The predicted molar refractivity (Wildman–Crippen MR) is 98.7 cm³/mol.